The standard InChI is InChI=1S/C14H17F3N6O.C4H8/c1-7-10(24-2)12(23(22-7)8-4-3-5-8)21-13-19-6-9(11(18)20-13)14(15,16)17;1-2-4-3-1/h6,8H,3-5H2,1-2H3,(H3,18,19,20,21);1-4H2. The Morgan fingerprint density at radius 3 is 2.25 bits per heavy atom. The third kappa shape index (κ3) is 4.31. The molecule has 0 atom stereocenters. The monoisotopic (exact) mass is 398 g/mol. The molecule has 0 bridgehead atoms. The van der Waals surface area contributed by atoms with Gasteiger partial charge in [-0.05, 0) is 26.2 Å². The minimum absolute atomic E-state index is 0.0423. The first-order valence-electron chi connectivity index (χ1n) is 9.41. The molecule has 0 amide bonds. The Labute approximate surface area is 161 Å². The van der Waals surface area contributed by atoms with Crippen molar-refractivity contribution in [1.82, 2.24) is 19.7 Å². The molecular formula is C18H25F3N6O. The van der Waals surface area contributed by atoms with Gasteiger partial charge in [0.1, 0.15) is 17.1 Å². The van der Waals surface area contributed by atoms with Gasteiger partial charge in [0, 0.05) is 6.20 Å². The van der Waals surface area contributed by atoms with Gasteiger partial charge in [-0.25, -0.2) is 9.67 Å². The highest BCUT2D eigenvalue weighted by Gasteiger charge is 2.34. The zero-order valence-corrected chi connectivity index (χ0v) is 16.0. The topological polar surface area (TPSA) is 90.9 Å². The quantitative estimate of drug-likeness (QED) is 0.781. The maximum absolute atomic E-state index is 12.7. The summed E-state index contributed by atoms with van der Waals surface area (Å²) in [6, 6.07) is 0.224. The number of alkyl halides is 3. The van der Waals surface area contributed by atoms with Gasteiger partial charge in [0.25, 0.3) is 0 Å². The maximum Gasteiger partial charge on any atom is 0.421 e. The summed E-state index contributed by atoms with van der Waals surface area (Å²) in [7, 11) is 1.50. The summed E-state index contributed by atoms with van der Waals surface area (Å²) >= 11 is 0. The van der Waals surface area contributed by atoms with Crippen LogP contribution < -0.4 is 15.8 Å². The highest BCUT2D eigenvalue weighted by molar-refractivity contribution is 5.61. The van der Waals surface area contributed by atoms with E-state index in [1.54, 1.807) is 11.6 Å². The van der Waals surface area contributed by atoms with Crippen LogP contribution in [0.4, 0.5) is 30.8 Å². The number of hydrogen-bond acceptors (Lipinski definition) is 6. The zero-order chi connectivity index (χ0) is 20.3. The first-order chi connectivity index (χ1) is 13.3. The molecule has 0 aromatic carbocycles. The van der Waals surface area contributed by atoms with E-state index < -0.39 is 17.6 Å². The third-order valence-electron chi connectivity index (χ3n) is 5.01. The van der Waals surface area contributed by atoms with Crippen LogP contribution in [0.3, 0.4) is 0 Å². The van der Waals surface area contributed by atoms with Gasteiger partial charge >= 0.3 is 6.18 Å². The molecule has 0 radical (unpaired) electrons. The number of nitrogens with two attached hydrogens (primary N) is 1. The van der Waals surface area contributed by atoms with Crippen molar-refractivity contribution in [3.63, 3.8) is 0 Å². The molecule has 7 nitrogen and oxygen atoms in total. The maximum atomic E-state index is 12.7. The summed E-state index contributed by atoms with van der Waals surface area (Å²) in [5.41, 5.74) is 5.01. The Kier molecular flexibility index (Phi) is 5.95. The van der Waals surface area contributed by atoms with Crippen LogP contribution in [0.2, 0.25) is 0 Å². The summed E-state index contributed by atoms with van der Waals surface area (Å²) in [5, 5.41) is 7.33. The molecule has 2 aromatic heterocycles. The summed E-state index contributed by atoms with van der Waals surface area (Å²) < 4.78 is 45.3. The average Bonchev–Trinajstić information content (AvgIpc) is 2.78. The van der Waals surface area contributed by atoms with Crippen molar-refractivity contribution in [2.45, 2.75) is 64.1 Å². The van der Waals surface area contributed by atoms with Crippen molar-refractivity contribution >= 4 is 17.6 Å². The normalized spacial score (nSPS) is 16.5. The highest BCUT2D eigenvalue weighted by Crippen LogP contribution is 2.40. The van der Waals surface area contributed by atoms with Gasteiger partial charge in [-0.2, -0.15) is 23.3 Å². The fraction of sp³-hybridized carbons (Fsp3) is 0.611. The number of nitrogens with zero attached hydrogens (tertiary/aromatic N) is 4. The van der Waals surface area contributed by atoms with E-state index in [-0.39, 0.29) is 12.0 Å². The van der Waals surface area contributed by atoms with Gasteiger partial charge in [0.15, 0.2) is 11.6 Å². The van der Waals surface area contributed by atoms with E-state index in [9.17, 15) is 13.2 Å². The molecule has 2 aromatic rings. The fourth-order valence-corrected chi connectivity index (χ4v) is 2.82. The van der Waals surface area contributed by atoms with Crippen molar-refractivity contribution in [2.75, 3.05) is 18.2 Å². The number of halogens is 3. The molecular weight excluding hydrogens is 373 g/mol. The smallest absolute Gasteiger partial charge is 0.421 e. The molecule has 0 saturated heterocycles. The SMILES string of the molecule is C1CCC1.COc1c(C)nn(C2CCC2)c1Nc1ncc(C(F)(F)F)c(N)n1. The molecule has 2 saturated carbocycles. The van der Waals surface area contributed by atoms with Gasteiger partial charge < -0.3 is 15.8 Å². The first kappa shape index (κ1) is 20.2. The minimum atomic E-state index is -4.59. The molecule has 154 valence electrons. The van der Waals surface area contributed by atoms with Crippen LogP contribution in [0, 0.1) is 6.92 Å². The summed E-state index contributed by atoms with van der Waals surface area (Å²) in [6.45, 7) is 1.79. The van der Waals surface area contributed by atoms with E-state index >= 15 is 0 Å². The predicted molar refractivity (Wildman–Crippen MR) is 99.6 cm³/mol. The Bertz CT molecular complexity index is 808. The summed E-state index contributed by atoms with van der Waals surface area (Å²) in [5.74, 6) is 0.340. The van der Waals surface area contributed by atoms with Gasteiger partial charge in [-0.15, -0.1) is 0 Å². The molecule has 28 heavy (non-hydrogen) atoms. The second-order valence-corrected chi connectivity index (χ2v) is 7.03. The van der Waals surface area contributed by atoms with Gasteiger partial charge in [-0.3, -0.25) is 0 Å². The molecule has 0 aliphatic heterocycles. The number of nitrogen functional groups attached to an aromatic ring is 1. The zero-order valence-electron chi connectivity index (χ0n) is 16.0. The van der Waals surface area contributed by atoms with Crippen molar-refractivity contribution < 1.29 is 17.9 Å². The van der Waals surface area contributed by atoms with Crippen molar-refractivity contribution in [2.24, 2.45) is 0 Å². The molecule has 10 heteroatoms. The second-order valence-electron chi connectivity index (χ2n) is 7.03. The first-order valence-corrected chi connectivity index (χ1v) is 9.41. The molecule has 4 rings (SSSR count). The lowest BCUT2D eigenvalue weighted by atomic mass is 9.93. The number of aromatic nitrogens is 4. The van der Waals surface area contributed by atoms with Crippen molar-refractivity contribution in [3.05, 3.63) is 17.5 Å². The lowest BCUT2D eigenvalue weighted by Crippen LogP contribution is -2.20. The molecule has 3 N–H and O–H groups in total. The number of rotatable bonds is 4. The Balaban J connectivity index is 0.000000500. The Morgan fingerprint density at radius 2 is 1.82 bits per heavy atom. The molecule has 2 aliphatic carbocycles. The summed E-state index contributed by atoms with van der Waals surface area (Å²) in [4.78, 5) is 7.41. The van der Waals surface area contributed by atoms with Crippen LogP contribution in [-0.4, -0.2) is 26.9 Å². The Hall–Kier alpha value is -2.52. The van der Waals surface area contributed by atoms with Gasteiger partial charge in [-0.1, -0.05) is 25.7 Å². The number of methoxy groups -OCH3 is 1. The van der Waals surface area contributed by atoms with Gasteiger partial charge in [0.05, 0.1) is 13.2 Å². The van der Waals surface area contributed by atoms with E-state index in [1.807, 2.05) is 0 Å². The number of ether oxygens (including phenoxy) is 1. The highest BCUT2D eigenvalue weighted by atomic mass is 19.4. The van der Waals surface area contributed by atoms with Crippen molar-refractivity contribution in [1.29, 1.82) is 0 Å². The minimum Gasteiger partial charge on any atom is -0.491 e. The lowest BCUT2D eigenvalue weighted by Gasteiger charge is -2.27. The van der Waals surface area contributed by atoms with Crippen LogP contribution in [0.5, 0.6) is 5.75 Å². The molecule has 0 unspecified atom stereocenters. The Morgan fingerprint density at radius 1 is 1.18 bits per heavy atom. The number of anilines is 3. The third-order valence-corrected chi connectivity index (χ3v) is 5.01. The predicted octanol–water partition coefficient (Wildman–Crippen LogP) is 4.62. The average molecular weight is 398 g/mol. The number of nitrogens with one attached hydrogen (secondary N) is 1. The van der Waals surface area contributed by atoms with Crippen LogP contribution in [0.25, 0.3) is 0 Å². The second kappa shape index (κ2) is 8.24. The number of hydrogen-bond donors (Lipinski definition) is 2. The largest absolute Gasteiger partial charge is 0.491 e. The van der Waals surface area contributed by atoms with E-state index in [4.69, 9.17) is 10.5 Å². The molecule has 2 aliphatic rings. The van der Waals surface area contributed by atoms with Crippen LogP contribution in [0.1, 0.15) is 62.2 Å². The van der Waals surface area contributed by atoms with E-state index in [0.717, 1.165) is 19.3 Å². The molecule has 0 spiro atoms. The van der Waals surface area contributed by atoms with Crippen LogP contribution >= 0.6 is 0 Å². The lowest BCUT2D eigenvalue weighted by molar-refractivity contribution is -0.137. The van der Waals surface area contributed by atoms with Crippen LogP contribution in [-0.2, 0) is 6.18 Å². The molecule has 2 fully saturated rings. The van der Waals surface area contributed by atoms with Crippen molar-refractivity contribution in [3.8, 4) is 5.75 Å². The molecule has 2 heterocycles. The number of aryl methyl sites for hydroxylation is 1. The van der Waals surface area contributed by atoms with E-state index in [2.05, 4.69) is 20.4 Å². The van der Waals surface area contributed by atoms with Crippen LogP contribution in [0.15, 0.2) is 6.20 Å². The van der Waals surface area contributed by atoms with E-state index in [1.165, 1.54) is 32.8 Å². The van der Waals surface area contributed by atoms with Gasteiger partial charge in [0.2, 0.25) is 5.95 Å². The van der Waals surface area contributed by atoms with E-state index in [0.29, 0.717) is 23.5 Å². The fourth-order valence-electron chi connectivity index (χ4n) is 2.82. The summed E-state index contributed by atoms with van der Waals surface area (Å²) in [6.07, 6.45) is 5.14.